The number of hydrogen-bond donors (Lipinski definition) is 1. The highest BCUT2D eigenvalue weighted by Crippen LogP contribution is 2.27. The van der Waals surface area contributed by atoms with Gasteiger partial charge in [-0.05, 0) is 31.9 Å². The summed E-state index contributed by atoms with van der Waals surface area (Å²) in [4.78, 5) is 27.0. The van der Waals surface area contributed by atoms with Crippen LogP contribution in [0.4, 0.5) is 5.82 Å². The van der Waals surface area contributed by atoms with Gasteiger partial charge in [0.1, 0.15) is 5.82 Å². The molecule has 1 aromatic heterocycles. The van der Waals surface area contributed by atoms with Crippen LogP contribution in [0.15, 0.2) is 30.3 Å². The van der Waals surface area contributed by atoms with Crippen molar-refractivity contribution in [3.8, 4) is 5.69 Å². The van der Waals surface area contributed by atoms with Gasteiger partial charge in [0, 0.05) is 24.4 Å². The molecule has 0 unspecified atom stereocenters. The van der Waals surface area contributed by atoms with E-state index in [0.29, 0.717) is 5.82 Å². The summed E-state index contributed by atoms with van der Waals surface area (Å²) in [5.41, 5.74) is 2.79. The second-order valence-corrected chi connectivity index (χ2v) is 9.49. The van der Waals surface area contributed by atoms with Crippen molar-refractivity contribution in [1.29, 1.82) is 0 Å². The molecule has 2 amide bonds. The molecule has 0 saturated heterocycles. The van der Waals surface area contributed by atoms with Gasteiger partial charge in [-0.2, -0.15) is 5.10 Å². The summed E-state index contributed by atoms with van der Waals surface area (Å²) >= 11 is 0. The van der Waals surface area contributed by atoms with Gasteiger partial charge in [0.05, 0.1) is 17.9 Å². The van der Waals surface area contributed by atoms with Crippen molar-refractivity contribution >= 4 is 17.6 Å². The van der Waals surface area contributed by atoms with Gasteiger partial charge < -0.3 is 10.2 Å². The summed E-state index contributed by atoms with van der Waals surface area (Å²) in [6, 6.07) is 9.94. The first kappa shape index (κ1) is 22.1. The molecule has 1 heterocycles. The van der Waals surface area contributed by atoms with Crippen LogP contribution in [0.25, 0.3) is 5.69 Å². The van der Waals surface area contributed by atoms with E-state index in [9.17, 15) is 9.59 Å². The summed E-state index contributed by atoms with van der Waals surface area (Å²) in [7, 11) is 1.72. The number of carbonyl (C=O) groups is 2. The maximum Gasteiger partial charge on any atom is 0.245 e. The maximum absolute atomic E-state index is 12.8. The minimum Gasteiger partial charge on any atom is -0.336 e. The first-order chi connectivity index (χ1) is 14.1. The molecule has 0 atom stereocenters. The smallest absolute Gasteiger partial charge is 0.245 e. The number of aryl methyl sites for hydroxylation is 1. The van der Waals surface area contributed by atoms with E-state index in [1.807, 2.05) is 37.3 Å². The van der Waals surface area contributed by atoms with E-state index in [0.717, 1.165) is 42.6 Å². The molecule has 1 saturated carbocycles. The van der Waals surface area contributed by atoms with Gasteiger partial charge in [-0.3, -0.25) is 9.59 Å². The van der Waals surface area contributed by atoms with E-state index in [-0.39, 0.29) is 29.7 Å². The fraction of sp³-hybridized carbons (Fsp3) is 0.542. The summed E-state index contributed by atoms with van der Waals surface area (Å²) in [5.74, 6) is 0.539. The van der Waals surface area contributed by atoms with Gasteiger partial charge >= 0.3 is 0 Å². The fourth-order valence-electron chi connectivity index (χ4n) is 3.86. The molecule has 6 heteroatoms. The Kier molecular flexibility index (Phi) is 6.64. The molecule has 2 aromatic rings. The van der Waals surface area contributed by atoms with Crippen LogP contribution in [0.5, 0.6) is 0 Å². The highest BCUT2D eigenvalue weighted by molar-refractivity contribution is 5.94. The van der Waals surface area contributed by atoms with Crippen LogP contribution in [0.2, 0.25) is 0 Å². The Morgan fingerprint density at radius 3 is 2.37 bits per heavy atom. The molecule has 1 aliphatic carbocycles. The molecule has 1 aliphatic rings. The van der Waals surface area contributed by atoms with Gasteiger partial charge in [-0.25, -0.2) is 4.68 Å². The number of amides is 2. The lowest BCUT2D eigenvalue weighted by atomic mass is 9.88. The SMILES string of the molecule is Cc1ccc(-n2nc(C(C)(C)C)cc2NC(=O)CN(C)C(=O)C2CCCCC2)cc1. The van der Waals surface area contributed by atoms with Crippen molar-refractivity contribution in [2.75, 3.05) is 18.9 Å². The van der Waals surface area contributed by atoms with Crippen LogP contribution in [-0.4, -0.2) is 40.1 Å². The van der Waals surface area contributed by atoms with E-state index >= 15 is 0 Å². The van der Waals surface area contributed by atoms with Crippen molar-refractivity contribution in [2.24, 2.45) is 5.92 Å². The first-order valence-electron chi connectivity index (χ1n) is 10.9. The topological polar surface area (TPSA) is 67.2 Å². The van der Waals surface area contributed by atoms with Crippen molar-refractivity contribution in [1.82, 2.24) is 14.7 Å². The van der Waals surface area contributed by atoms with E-state index < -0.39 is 0 Å². The Labute approximate surface area is 179 Å². The van der Waals surface area contributed by atoms with Gasteiger partial charge in [0.2, 0.25) is 11.8 Å². The highest BCUT2D eigenvalue weighted by atomic mass is 16.2. The number of aromatic nitrogens is 2. The number of nitrogens with zero attached hydrogens (tertiary/aromatic N) is 3. The van der Waals surface area contributed by atoms with Crippen LogP contribution < -0.4 is 5.32 Å². The molecule has 0 aliphatic heterocycles. The molecule has 3 rings (SSSR count). The molecule has 162 valence electrons. The molecule has 0 bridgehead atoms. The number of carbonyl (C=O) groups excluding carboxylic acids is 2. The van der Waals surface area contributed by atoms with Crippen molar-refractivity contribution in [3.05, 3.63) is 41.6 Å². The summed E-state index contributed by atoms with van der Waals surface area (Å²) in [5, 5.41) is 7.72. The first-order valence-corrected chi connectivity index (χ1v) is 10.9. The third kappa shape index (κ3) is 5.29. The predicted octanol–water partition coefficient (Wildman–Crippen LogP) is 4.46. The molecular formula is C24H34N4O2. The van der Waals surface area contributed by atoms with Gasteiger partial charge in [-0.1, -0.05) is 57.7 Å². The third-order valence-electron chi connectivity index (χ3n) is 5.74. The predicted molar refractivity (Wildman–Crippen MR) is 120 cm³/mol. The molecule has 6 nitrogen and oxygen atoms in total. The third-order valence-corrected chi connectivity index (χ3v) is 5.74. The van der Waals surface area contributed by atoms with Gasteiger partial charge in [-0.15, -0.1) is 0 Å². The molecule has 1 aromatic carbocycles. The molecule has 0 radical (unpaired) electrons. The molecule has 0 spiro atoms. The van der Waals surface area contributed by atoms with Gasteiger partial charge in [0.25, 0.3) is 0 Å². The zero-order valence-electron chi connectivity index (χ0n) is 18.9. The minimum absolute atomic E-state index is 0.0409. The number of rotatable bonds is 5. The lowest BCUT2D eigenvalue weighted by molar-refractivity contribution is -0.137. The average Bonchev–Trinajstić information content (AvgIpc) is 3.12. The minimum atomic E-state index is -0.213. The number of hydrogen-bond acceptors (Lipinski definition) is 3. The Balaban J connectivity index is 1.75. The van der Waals surface area contributed by atoms with Crippen LogP contribution >= 0.6 is 0 Å². The Bertz CT molecular complexity index is 887. The second kappa shape index (κ2) is 9.02. The number of likely N-dealkylation sites (N-methyl/N-ethyl adjacent to an activating group) is 1. The fourth-order valence-corrected chi connectivity index (χ4v) is 3.86. The zero-order valence-corrected chi connectivity index (χ0v) is 18.9. The highest BCUT2D eigenvalue weighted by Gasteiger charge is 2.26. The molecule has 1 fully saturated rings. The molecule has 1 N–H and O–H groups in total. The van der Waals surface area contributed by atoms with Gasteiger partial charge in [0.15, 0.2) is 0 Å². The zero-order chi connectivity index (χ0) is 21.9. The number of nitrogens with one attached hydrogen (secondary N) is 1. The summed E-state index contributed by atoms with van der Waals surface area (Å²) < 4.78 is 1.76. The largest absolute Gasteiger partial charge is 0.336 e. The normalized spacial score (nSPS) is 15.1. The molecular weight excluding hydrogens is 376 g/mol. The maximum atomic E-state index is 12.8. The second-order valence-electron chi connectivity index (χ2n) is 9.49. The van der Waals surface area contributed by atoms with Crippen molar-refractivity contribution in [2.45, 2.75) is 65.2 Å². The van der Waals surface area contributed by atoms with Crippen molar-refractivity contribution < 1.29 is 9.59 Å². The van der Waals surface area contributed by atoms with E-state index in [2.05, 4.69) is 26.1 Å². The Morgan fingerprint density at radius 1 is 1.13 bits per heavy atom. The van der Waals surface area contributed by atoms with Crippen LogP contribution in [-0.2, 0) is 15.0 Å². The van der Waals surface area contributed by atoms with Crippen LogP contribution in [0, 0.1) is 12.8 Å². The lowest BCUT2D eigenvalue weighted by Gasteiger charge is -2.26. The lowest BCUT2D eigenvalue weighted by Crippen LogP contribution is -2.39. The summed E-state index contributed by atoms with van der Waals surface area (Å²) in [6.07, 6.45) is 5.26. The monoisotopic (exact) mass is 410 g/mol. The average molecular weight is 411 g/mol. The van der Waals surface area contributed by atoms with Crippen LogP contribution in [0.3, 0.4) is 0 Å². The Morgan fingerprint density at radius 2 is 1.77 bits per heavy atom. The van der Waals surface area contributed by atoms with Crippen LogP contribution in [0.1, 0.15) is 64.1 Å². The standard InChI is InChI=1S/C24H34N4O2/c1-17-11-13-19(14-12-17)28-21(15-20(26-28)24(2,3)4)25-22(29)16-27(5)23(30)18-9-7-6-8-10-18/h11-15,18H,6-10,16H2,1-5H3,(H,25,29). The quantitative estimate of drug-likeness (QED) is 0.792. The number of anilines is 1. The summed E-state index contributed by atoms with van der Waals surface area (Å²) in [6.45, 7) is 8.36. The number of benzene rings is 1. The molecule has 30 heavy (non-hydrogen) atoms. The van der Waals surface area contributed by atoms with E-state index in [1.54, 1.807) is 16.6 Å². The van der Waals surface area contributed by atoms with E-state index in [4.69, 9.17) is 5.10 Å². The van der Waals surface area contributed by atoms with E-state index in [1.165, 1.54) is 6.42 Å². The van der Waals surface area contributed by atoms with Crippen molar-refractivity contribution in [3.63, 3.8) is 0 Å². The Hall–Kier alpha value is -2.63.